The van der Waals surface area contributed by atoms with E-state index >= 15 is 0 Å². The third-order valence-electron chi connectivity index (χ3n) is 2.79. The van der Waals surface area contributed by atoms with Crippen LogP contribution in [-0.4, -0.2) is 5.91 Å². The normalized spacial score (nSPS) is 10.8. The predicted molar refractivity (Wildman–Crippen MR) is 88.8 cm³/mol. The number of rotatable bonds is 4. The average molecular weight is 341 g/mol. The summed E-state index contributed by atoms with van der Waals surface area (Å²) in [5.74, 6) is -0.221. The van der Waals surface area contributed by atoms with Crippen LogP contribution in [0.5, 0.6) is 0 Å². The first-order chi connectivity index (χ1) is 10.1. The second-order valence-corrected chi connectivity index (χ2v) is 5.56. The molecule has 21 heavy (non-hydrogen) atoms. The van der Waals surface area contributed by atoms with Crippen LogP contribution in [0.2, 0.25) is 15.1 Å². The molecule has 0 aliphatic rings. The molecule has 1 amide bonds. The summed E-state index contributed by atoms with van der Waals surface area (Å²) >= 11 is 17.9. The Kier molecular flexibility index (Phi) is 5.68. The predicted octanol–water partition coefficient (Wildman–Crippen LogP) is 4.98. The van der Waals surface area contributed by atoms with Gasteiger partial charge in [0.15, 0.2) is 0 Å². The number of hydrogen-bond acceptors (Lipinski definition) is 1. The molecule has 0 aliphatic heterocycles. The van der Waals surface area contributed by atoms with Crippen LogP contribution < -0.4 is 5.32 Å². The van der Waals surface area contributed by atoms with Crippen LogP contribution in [0.1, 0.15) is 11.1 Å². The maximum absolute atomic E-state index is 11.8. The van der Waals surface area contributed by atoms with Crippen molar-refractivity contribution in [3.05, 3.63) is 74.7 Å². The second kappa shape index (κ2) is 7.51. The monoisotopic (exact) mass is 339 g/mol. The highest BCUT2D eigenvalue weighted by Crippen LogP contribution is 2.20. The summed E-state index contributed by atoms with van der Waals surface area (Å²) in [5, 5.41) is 4.44. The molecule has 0 radical (unpaired) electrons. The van der Waals surface area contributed by atoms with E-state index in [9.17, 15) is 4.79 Å². The van der Waals surface area contributed by atoms with E-state index in [4.69, 9.17) is 34.8 Å². The summed E-state index contributed by atoms with van der Waals surface area (Å²) in [7, 11) is 0. The van der Waals surface area contributed by atoms with E-state index in [1.165, 1.54) is 6.08 Å². The van der Waals surface area contributed by atoms with Crippen molar-refractivity contribution in [1.29, 1.82) is 0 Å². The van der Waals surface area contributed by atoms with Crippen LogP contribution in [0, 0.1) is 0 Å². The van der Waals surface area contributed by atoms with Gasteiger partial charge in [0.2, 0.25) is 5.91 Å². The van der Waals surface area contributed by atoms with E-state index in [1.807, 2.05) is 18.2 Å². The molecular weight excluding hydrogens is 329 g/mol. The van der Waals surface area contributed by atoms with Gasteiger partial charge in [-0.2, -0.15) is 0 Å². The van der Waals surface area contributed by atoms with Crippen LogP contribution in [-0.2, 0) is 11.3 Å². The van der Waals surface area contributed by atoms with Gasteiger partial charge in [0.25, 0.3) is 0 Å². The minimum atomic E-state index is -0.221. The third-order valence-corrected chi connectivity index (χ3v) is 3.72. The van der Waals surface area contributed by atoms with Crippen molar-refractivity contribution in [2.75, 3.05) is 0 Å². The van der Waals surface area contributed by atoms with Crippen molar-refractivity contribution < 1.29 is 4.79 Å². The minimum Gasteiger partial charge on any atom is -0.348 e. The fourth-order valence-corrected chi connectivity index (χ4v) is 2.36. The van der Waals surface area contributed by atoms with Crippen LogP contribution in [0.3, 0.4) is 0 Å². The largest absolute Gasteiger partial charge is 0.348 e. The van der Waals surface area contributed by atoms with Crippen LogP contribution in [0.25, 0.3) is 6.08 Å². The van der Waals surface area contributed by atoms with Gasteiger partial charge in [0.05, 0.1) is 0 Å². The van der Waals surface area contributed by atoms with Gasteiger partial charge in [-0.05, 0) is 35.4 Å². The molecule has 0 spiro atoms. The molecule has 0 aromatic heterocycles. The van der Waals surface area contributed by atoms with E-state index in [0.717, 1.165) is 11.1 Å². The molecule has 2 nitrogen and oxygen atoms in total. The average Bonchev–Trinajstić information content (AvgIpc) is 2.45. The maximum Gasteiger partial charge on any atom is 0.244 e. The number of nitrogens with one attached hydrogen (secondary N) is 1. The lowest BCUT2D eigenvalue weighted by Crippen LogP contribution is -2.20. The molecule has 2 rings (SSSR count). The number of carbonyl (C=O) groups excluding carboxylic acids is 1. The summed E-state index contributed by atoms with van der Waals surface area (Å²) in [5.41, 5.74) is 1.60. The van der Waals surface area contributed by atoms with Gasteiger partial charge in [-0.3, -0.25) is 4.79 Å². The summed E-state index contributed by atoms with van der Waals surface area (Å²) in [6.07, 6.45) is 3.10. The molecule has 108 valence electrons. The first kappa shape index (κ1) is 15.9. The molecule has 0 aliphatic carbocycles. The standard InChI is InChI=1S/C16H12Cl3NO/c17-13-7-5-12(15(19)9-13)10-20-16(21)8-6-11-3-1-2-4-14(11)18/h1-9H,10H2,(H,20,21)/b8-6+. The Morgan fingerprint density at radius 2 is 1.81 bits per heavy atom. The Labute approximate surface area is 138 Å². The maximum atomic E-state index is 11.8. The molecule has 0 bridgehead atoms. The van der Waals surface area contributed by atoms with E-state index in [1.54, 1.807) is 30.3 Å². The smallest absolute Gasteiger partial charge is 0.244 e. The first-order valence-electron chi connectivity index (χ1n) is 6.20. The molecule has 0 unspecified atom stereocenters. The van der Waals surface area contributed by atoms with Crippen molar-refractivity contribution in [1.82, 2.24) is 5.32 Å². The fourth-order valence-electron chi connectivity index (χ4n) is 1.68. The Bertz CT molecular complexity index is 683. The molecule has 0 fully saturated rings. The Balaban J connectivity index is 1.95. The van der Waals surface area contributed by atoms with Crippen molar-refractivity contribution in [2.24, 2.45) is 0 Å². The quantitative estimate of drug-likeness (QED) is 0.782. The number of amides is 1. The van der Waals surface area contributed by atoms with Crippen LogP contribution >= 0.6 is 34.8 Å². The van der Waals surface area contributed by atoms with Crippen molar-refractivity contribution in [3.8, 4) is 0 Å². The number of benzene rings is 2. The number of carbonyl (C=O) groups is 1. The highest BCUT2D eigenvalue weighted by Gasteiger charge is 2.03. The lowest BCUT2D eigenvalue weighted by atomic mass is 10.2. The minimum absolute atomic E-state index is 0.221. The van der Waals surface area contributed by atoms with E-state index in [0.29, 0.717) is 21.6 Å². The topological polar surface area (TPSA) is 29.1 Å². The Morgan fingerprint density at radius 3 is 2.52 bits per heavy atom. The number of halogens is 3. The highest BCUT2D eigenvalue weighted by molar-refractivity contribution is 6.35. The molecule has 1 N–H and O–H groups in total. The fraction of sp³-hybridized carbons (Fsp3) is 0.0625. The van der Waals surface area contributed by atoms with E-state index < -0.39 is 0 Å². The zero-order valence-electron chi connectivity index (χ0n) is 10.9. The van der Waals surface area contributed by atoms with Gasteiger partial charge in [0, 0.05) is 27.7 Å². The van der Waals surface area contributed by atoms with Crippen molar-refractivity contribution in [2.45, 2.75) is 6.54 Å². The second-order valence-electron chi connectivity index (χ2n) is 4.31. The summed E-state index contributed by atoms with van der Waals surface area (Å²) in [6.45, 7) is 0.335. The third kappa shape index (κ3) is 4.78. The van der Waals surface area contributed by atoms with E-state index in [2.05, 4.69) is 5.32 Å². The molecule has 2 aromatic carbocycles. The Morgan fingerprint density at radius 1 is 1.05 bits per heavy atom. The highest BCUT2D eigenvalue weighted by atomic mass is 35.5. The van der Waals surface area contributed by atoms with Crippen LogP contribution in [0.4, 0.5) is 0 Å². The number of hydrogen-bond donors (Lipinski definition) is 1. The van der Waals surface area contributed by atoms with Gasteiger partial charge in [-0.25, -0.2) is 0 Å². The lowest BCUT2D eigenvalue weighted by Gasteiger charge is -2.05. The SMILES string of the molecule is O=C(/C=C/c1ccccc1Cl)NCc1ccc(Cl)cc1Cl. The van der Waals surface area contributed by atoms with Gasteiger partial charge in [-0.15, -0.1) is 0 Å². The summed E-state index contributed by atoms with van der Waals surface area (Å²) in [4.78, 5) is 11.8. The zero-order valence-corrected chi connectivity index (χ0v) is 13.2. The molecule has 5 heteroatoms. The molecule has 0 saturated heterocycles. The zero-order chi connectivity index (χ0) is 15.2. The Hall–Kier alpha value is -1.48. The van der Waals surface area contributed by atoms with Crippen molar-refractivity contribution in [3.63, 3.8) is 0 Å². The van der Waals surface area contributed by atoms with Crippen molar-refractivity contribution >= 4 is 46.8 Å². The van der Waals surface area contributed by atoms with Gasteiger partial charge in [0.1, 0.15) is 0 Å². The molecule has 0 heterocycles. The van der Waals surface area contributed by atoms with Gasteiger partial charge in [-0.1, -0.05) is 59.1 Å². The molecular formula is C16H12Cl3NO. The van der Waals surface area contributed by atoms with E-state index in [-0.39, 0.29) is 5.91 Å². The molecule has 2 aromatic rings. The molecule has 0 atom stereocenters. The van der Waals surface area contributed by atoms with Gasteiger partial charge >= 0.3 is 0 Å². The lowest BCUT2D eigenvalue weighted by molar-refractivity contribution is -0.116. The van der Waals surface area contributed by atoms with Gasteiger partial charge < -0.3 is 5.32 Å². The van der Waals surface area contributed by atoms with Crippen LogP contribution in [0.15, 0.2) is 48.5 Å². The summed E-state index contributed by atoms with van der Waals surface area (Å²) in [6, 6.07) is 12.5. The first-order valence-corrected chi connectivity index (χ1v) is 7.34. The molecule has 0 saturated carbocycles. The summed E-state index contributed by atoms with van der Waals surface area (Å²) < 4.78 is 0.